The Bertz CT molecular complexity index is 695. The summed E-state index contributed by atoms with van der Waals surface area (Å²) < 4.78 is 37.6. The van der Waals surface area contributed by atoms with E-state index in [4.69, 9.17) is 9.47 Å². The second-order valence-corrected chi connectivity index (χ2v) is 4.88. The summed E-state index contributed by atoms with van der Waals surface area (Å²) in [5.74, 6) is -1.23. The van der Waals surface area contributed by atoms with Crippen LogP contribution in [0.25, 0.3) is 0 Å². The number of rotatable bonds is 6. The molecule has 2 aromatic rings. The summed E-state index contributed by atoms with van der Waals surface area (Å²) in [5, 5.41) is 9.93. The molecule has 0 aliphatic heterocycles. The van der Waals surface area contributed by atoms with Crippen molar-refractivity contribution < 1.29 is 28.2 Å². The second-order valence-electron chi connectivity index (χ2n) is 4.88. The molecule has 0 amide bonds. The van der Waals surface area contributed by atoms with Crippen molar-refractivity contribution in [3.8, 4) is 11.5 Å². The number of carbonyl (C=O) groups is 1. The number of benzene rings is 2. The number of ether oxygens (including phenoxy) is 2. The first-order valence-electron chi connectivity index (χ1n) is 6.87. The van der Waals surface area contributed by atoms with E-state index in [0.717, 1.165) is 12.1 Å². The summed E-state index contributed by atoms with van der Waals surface area (Å²) in [5.41, 5.74) is -0.135. The molecule has 0 heterocycles. The SMILES string of the molecule is COc1ccc(OCC(O)c2c(F)cccc2F)cc1C(C)=O. The maximum absolute atomic E-state index is 13.6. The van der Waals surface area contributed by atoms with Gasteiger partial charge in [0.15, 0.2) is 5.78 Å². The van der Waals surface area contributed by atoms with E-state index < -0.39 is 23.3 Å². The van der Waals surface area contributed by atoms with Crippen LogP contribution < -0.4 is 9.47 Å². The number of aliphatic hydroxyl groups is 1. The van der Waals surface area contributed by atoms with Gasteiger partial charge in [0, 0.05) is 0 Å². The monoisotopic (exact) mass is 322 g/mol. The number of carbonyl (C=O) groups excluding carboxylic acids is 1. The van der Waals surface area contributed by atoms with Gasteiger partial charge < -0.3 is 14.6 Å². The lowest BCUT2D eigenvalue weighted by Crippen LogP contribution is -2.13. The van der Waals surface area contributed by atoms with Gasteiger partial charge in [0.05, 0.1) is 18.2 Å². The predicted molar refractivity (Wildman–Crippen MR) is 79.8 cm³/mol. The summed E-state index contributed by atoms with van der Waals surface area (Å²) in [7, 11) is 1.44. The molecule has 2 aromatic carbocycles. The molecule has 0 aliphatic rings. The highest BCUT2D eigenvalue weighted by Gasteiger charge is 2.19. The van der Waals surface area contributed by atoms with E-state index in [9.17, 15) is 18.7 Å². The largest absolute Gasteiger partial charge is 0.496 e. The smallest absolute Gasteiger partial charge is 0.163 e. The van der Waals surface area contributed by atoms with Gasteiger partial charge in [0.2, 0.25) is 0 Å². The van der Waals surface area contributed by atoms with Crippen molar-refractivity contribution in [1.29, 1.82) is 0 Å². The first-order chi connectivity index (χ1) is 10.9. The van der Waals surface area contributed by atoms with Crippen molar-refractivity contribution in [3.05, 3.63) is 59.2 Å². The van der Waals surface area contributed by atoms with Crippen LogP contribution in [0.2, 0.25) is 0 Å². The quantitative estimate of drug-likeness (QED) is 0.829. The van der Waals surface area contributed by atoms with Crippen molar-refractivity contribution in [3.63, 3.8) is 0 Å². The molecular formula is C17H16F2O4. The number of aliphatic hydroxyl groups excluding tert-OH is 1. The third-order valence-electron chi connectivity index (χ3n) is 3.29. The van der Waals surface area contributed by atoms with Crippen LogP contribution in [-0.2, 0) is 0 Å². The van der Waals surface area contributed by atoms with Crippen LogP contribution in [0.5, 0.6) is 11.5 Å². The topological polar surface area (TPSA) is 55.8 Å². The summed E-state index contributed by atoms with van der Waals surface area (Å²) >= 11 is 0. The van der Waals surface area contributed by atoms with E-state index in [0.29, 0.717) is 11.3 Å². The Morgan fingerprint density at radius 2 is 1.87 bits per heavy atom. The van der Waals surface area contributed by atoms with Crippen molar-refractivity contribution in [2.75, 3.05) is 13.7 Å². The van der Waals surface area contributed by atoms with E-state index >= 15 is 0 Å². The summed E-state index contributed by atoms with van der Waals surface area (Å²) in [4.78, 5) is 11.5. The molecule has 0 radical (unpaired) electrons. The van der Waals surface area contributed by atoms with Crippen LogP contribution >= 0.6 is 0 Å². The fourth-order valence-corrected chi connectivity index (χ4v) is 2.14. The highest BCUT2D eigenvalue weighted by atomic mass is 19.1. The summed E-state index contributed by atoms with van der Waals surface area (Å²) in [6.45, 7) is 1.02. The number of methoxy groups -OCH3 is 1. The van der Waals surface area contributed by atoms with E-state index in [-0.39, 0.29) is 18.1 Å². The average molecular weight is 322 g/mol. The average Bonchev–Trinajstić information content (AvgIpc) is 2.52. The van der Waals surface area contributed by atoms with Crippen molar-refractivity contribution in [2.24, 2.45) is 0 Å². The molecule has 1 atom stereocenters. The number of Topliss-reactive ketones (excluding diaryl/α,β-unsaturated/α-hetero) is 1. The van der Waals surface area contributed by atoms with Gasteiger partial charge in [0.25, 0.3) is 0 Å². The van der Waals surface area contributed by atoms with Crippen molar-refractivity contribution in [2.45, 2.75) is 13.0 Å². The lowest BCUT2D eigenvalue weighted by molar-refractivity contribution is 0.0998. The zero-order chi connectivity index (χ0) is 17.0. The predicted octanol–water partition coefficient (Wildman–Crippen LogP) is 3.29. The van der Waals surface area contributed by atoms with Gasteiger partial charge >= 0.3 is 0 Å². The minimum Gasteiger partial charge on any atom is -0.496 e. The minimum absolute atomic E-state index is 0.215. The fraction of sp³-hybridized carbons (Fsp3) is 0.235. The third kappa shape index (κ3) is 3.84. The van der Waals surface area contributed by atoms with Gasteiger partial charge in [-0.1, -0.05) is 6.07 Å². The number of hydrogen-bond donors (Lipinski definition) is 1. The van der Waals surface area contributed by atoms with E-state index in [1.807, 2.05) is 0 Å². The molecule has 4 nitrogen and oxygen atoms in total. The van der Waals surface area contributed by atoms with Crippen LogP contribution in [-0.4, -0.2) is 24.6 Å². The molecule has 0 saturated carbocycles. The Hall–Kier alpha value is -2.47. The normalized spacial score (nSPS) is 11.9. The van der Waals surface area contributed by atoms with Crippen LogP contribution in [0, 0.1) is 11.6 Å². The van der Waals surface area contributed by atoms with Crippen LogP contribution in [0.3, 0.4) is 0 Å². The van der Waals surface area contributed by atoms with Gasteiger partial charge in [-0.25, -0.2) is 8.78 Å². The molecule has 122 valence electrons. The van der Waals surface area contributed by atoms with Crippen LogP contribution in [0.4, 0.5) is 8.78 Å². The summed E-state index contributed by atoms with van der Waals surface area (Å²) in [6.07, 6.45) is -1.47. The second kappa shape index (κ2) is 7.19. The zero-order valence-electron chi connectivity index (χ0n) is 12.7. The molecule has 23 heavy (non-hydrogen) atoms. The van der Waals surface area contributed by atoms with Gasteiger partial charge in [-0.05, 0) is 37.3 Å². The highest BCUT2D eigenvalue weighted by molar-refractivity contribution is 5.97. The first-order valence-corrected chi connectivity index (χ1v) is 6.87. The van der Waals surface area contributed by atoms with E-state index in [2.05, 4.69) is 0 Å². The molecule has 0 spiro atoms. The van der Waals surface area contributed by atoms with E-state index in [1.54, 1.807) is 6.07 Å². The minimum atomic E-state index is -1.47. The molecule has 0 saturated heterocycles. The Morgan fingerprint density at radius 1 is 1.22 bits per heavy atom. The molecule has 0 aliphatic carbocycles. The highest BCUT2D eigenvalue weighted by Crippen LogP contribution is 2.26. The van der Waals surface area contributed by atoms with Crippen LogP contribution in [0.1, 0.15) is 28.9 Å². The third-order valence-corrected chi connectivity index (χ3v) is 3.29. The summed E-state index contributed by atoms with van der Waals surface area (Å²) in [6, 6.07) is 7.86. The fourth-order valence-electron chi connectivity index (χ4n) is 2.14. The molecule has 6 heteroatoms. The molecule has 0 aromatic heterocycles. The zero-order valence-corrected chi connectivity index (χ0v) is 12.7. The number of ketones is 1. The number of halogens is 2. The van der Waals surface area contributed by atoms with Gasteiger partial charge in [-0.2, -0.15) is 0 Å². The van der Waals surface area contributed by atoms with E-state index in [1.165, 1.54) is 32.2 Å². The van der Waals surface area contributed by atoms with Gasteiger partial charge in [0.1, 0.15) is 35.8 Å². The Labute approximate surface area is 132 Å². The molecule has 2 rings (SSSR count). The molecule has 0 fully saturated rings. The van der Waals surface area contributed by atoms with Crippen LogP contribution in [0.15, 0.2) is 36.4 Å². The number of hydrogen-bond acceptors (Lipinski definition) is 4. The van der Waals surface area contributed by atoms with Gasteiger partial charge in [-0.15, -0.1) is 0 Å². The Balaban J connectivity index is 2.15. The Morgan fingerprint density at radius 3 is 2.43 bits per heavy atom. The first kappa shape index (κ1) is 16.9. The maximum atomic E-state index is 13.6. The van der Waals surface area contributed by atoms with Crippen molar-refractivity contribution in [1.82, 2.24) is 0 Å². The molecule has 1 unspecified atom stereocenters. The Kier molecular flexibility index (Phi) is 5.28. The maximum Gasteiger partial charge on any atom is 0.163 e. The van der Waals surface area contributed by atoms with Crippen molar-refractivity contribution >= 4 is 5.78 Å². The standard InChI is InChI=1S/C17H16F2O4/c1-10(20)12-8-11(6-7-16(12)22-2)23-9-15(21)17-13(18)4-3-5-14(17)19/h3-8,15,21H,9H2,1-2H3. The van der Waals surface area contributed by atoms with Gasteiger partial charge in [-0.3, -0.25) is 4.79 Å². The lowest BCUT2D eigenvalue weighted by Gasteiger charge is -2.15. The molecular weight excluding hydrogens is 306 g/mol. The molecule has 0 bridgehead atoms. The lowest BCUT2D eigenvalue weighted by atomic mass is 10.1. The molecule has 1 N–H and O–H groups in total.